The van der Waals surface area contributed by atoms with Crippen molar-refractivity contribution in [3.63, 3.8) is 0 Å². The molecule has 2 N–H and O–H groups in total. The standard InChI is InChI=1S/C27H34ClN7O2/c1-32-10-4-5-13-37-23-8-7-18(28)14-20(23)27(36)34-11-3-2-6-22(34)21-15-25-30-24(16-26(32)35(25)31-21)33-12-9-19(29)17-33/h7-8,14-16,19,22H,2-6,9-13,17,29H2,1H3/t19-,22-/m0/s1. The number of fused-ring (bicyclic) bond motifs is 4. The van der Waals surface area contributed by atoms with Gasteiger partial charge in [-0.05, 0) is 56.7 Å². The summed E-state index contributed by atoms with van der Waals surface area (Å²) in [6.45, 7) is 3.75. The van der Waals surface area contributed by atoms with E-state index < -0.39 is 0 Å². The Hall–Kier alpha value is -3.04. The lowest BCUT2D eigenvalue weighted by atomic mass is 9.98. The van der Waals surface area contributed by atoms with Crippen LogP contribution in [0.1, 0.15) is 60.6 Å². The minimum atomic E-state index is -0.137. The molecule has 3 aliphatic heterocycles. The fraction of sp³-hybridized carbons (Fsp3) is 0.519. The number of nitrogens with two attached hydrogens (primary N) is 1. The first-order chi connectivity index (χ1) is 18.0. The van der Waals surface area contributed by atoms with E-state index in [1.165, 1.54) is 0 Å². The zero-order valence-corrected chi connectivity index (χ0v) is 22.0. The van der Waals surface area contributed by atoms with Crippen molar-refractivity contribution < 1.29 is 9.53 Å². The number of benzene rings is 1. The second-order valence-electron chi connectivity index (χ2n) is 10.4. The summed E-state index contributed by atoms with van der Waals surface area (Å²) >= 11 is 6.32. The Labute approximate surface area is 222 Å². The molecule has 3 aromatic rings. The number of hydrogen-bond acceptors (Lipinski definition) is 7. The SMILES string of the molecule is CN1CCCCOc2ccc(Cl)cc2C(=O)N2CCCC[C@H]2c2cc3nc(N4CC[C@H](N)C4)cc1n3n2. The van der Waals surface area contributed by atoms with Crippen molar-refractivity contribution in [2.24, 2.45) is 5.73 Å². The Kier molecular flexibility index (Phi) is 6.58. The summed E-state index contributed by atoms with van der Waals surface area (Å²) in [7, 11) is 2.10. The molecule has 37 heavy (non-hydrogen) atoms. The molecular formula is C27H34ClN7O2. The monoisotopic (exact) mass is 523 g/mol. The van der Waals surface area contributed by atoms with E-state index in [1.807, 2.05) is 21.5 Å². The molecule has 5 heterocycles. The molecular weight excluding hydrogens is 490 g/mol. The lowest BCUT2D eigenvalue weighted by molar-refractivity contribution is 0.0601. The molecule has 0 spiro atoms. The second kappa shape index (κ2) is 10.0. The molecule has 2 fully saturated rings. The first-order valence-corrected chi connectivity index (χ1v) is 13.7. The Bertz CT molecular complexity index is 1310. The van der Waals surface area contributed by atoms with Gasteiger partial charge in [0.05, 0.1) is 23.9 Å². The van der Waals surface area contributed by atoms with E-state index >= 15 is 0 Å². The fourth-order valence-electron chi connectivity index (χ4n) is 5.74. The van der Waals surface area contributed by atoms with Gasteiger partial charge in [-0.2, -0.15) is 9.61 Å². The lowest BCUT2D eigenvalue weighted by Gasteiger charge is -2.35. The van der Waals surface area contributed by atoms with E-state index in [-0.39, 0.29) is 18.0 Å². The van der Waals surface area contributed by atoms with Crippen LogP contribution in [0.25, 0.3) is 5.65 Å². The molecule has 2 aromatic heterocycles. The van der Waals surface area contributed by atoms with Gasteiger partial charge in [0.2, 0.25) is 0 Å². The van der Waals surface area contributed by atoms with E-state index in [1.54, 1.807) is 12.1 Å². The topological polar surface area (TPSA) is 92.2 Å². The third kappa shape index (κ3) is 4.70. The third-order valence-corrected chi connectivity index (χ3v) is 8.01. The van der Waals surface area contributed by atoms with E-state index in [0.717, 1.165) is 81.1 Å². The van der Waals surface area contributed by atoms with Gasteiger partial charge in [0.1, 0.15) is 17.4 Å². The predicted molar refractivity (Wildman–Crippen MR) is 145 cm³/mol. The van der Waals surface area contributed by atoms with Crippen molar-refractivity contribution in [1.82, 2.24) is 19.5 Å². The van der Waals surface area contributed by atoms with E-state index in [0.29, 0.717) is 29.5 Å². The predicted octanol–water partition coefficient (Wildman–Crippen LogP) is 3.90. The normalized spacial score (nSPS) is 23.0. The number of anilines is 2. The van der Waals surface area contributed by atoms with Crippen LogP contribution in [-0.2, 0) is 0 Å². The fourth-order valence-corrected chi connectivity index (χ4v) is 5.91. The number of amides is 1. The van der Waals surface area contributed by atoms with Gasteiger partial charge in [-0.15, -0.1) is 0 Å². The number of rotatable bonds is 1. The van der Waals surface area contributed by atoms with Gasteiger partial charge >= 0.3 is 0 Å². The number of carbonyl (C=O) groups excluding carboxylic acids is 1. The first kappa shape index (κ1) is 24.3. The minimum absolute atomic E-state index is 0.0637. The maximum Gasteiger partial charge on any atom is 0.258 e. The molecule has 9 nitrogen and oxygen atoms in total. The largest absolute Gasteiger partial charge is 0.493 e. The number of nitrogens with zero attached hydrogens (tertiary/aromatic N) is 6. The molecule has 0 radical (unpaired) electrons. The molecule has 2 saturated heterocycles. The summed E-state index contributed by atoms with van der Waals surface area (Å²) in [4.78, 5) is 25.3. The highest BCUT2D eigenvalue weighted by molar-refractivity contribution is 6.31. The summed E-state index contributed by atoms with van der Waals surface area (Å²) < 4.78 is 8.05. The highest BCUT2D eigenvalue weighted by atomic mass is 35.5. The van der Waals surface area contributed by atoms with Gasteiger partial charge in [-0.25, -0.2) is 4.98 Å². The van der Waals surface area contributed by atoms with Crippen molar-refractivity contribution in [3.8, 4) is 5.75 Å². The summed E-state index contributed by atoms with van der Waals surface area (Å²) in [5, 5.41) is 5.58. The quantitative estimate of drug-likeness (QED) is 0.517. The molecule has 1 amide bonds. The van der Waals surface area contributed by atoms with Crippen LogP contribution in [0, 0.1) is 0 Å². The second-order valence-corrected chi connectivity index (χ2v) is 10.9. The van der Waals surface area contributed by atoms with Crippen LogP contribution >= 0.6 is 11.6 Å². The van der Waals surface area contributed by atoms with Crippen LogP contribution in [0.5, 0.6) is 5.75 Å². The average Bonchev–Trinajstić information content (AvgIpc) is 3.53. The molecule has 2 bridgehead atoms. The van der Waals surface area contributed by atoms with Gasteiger partial charge in [-0.3, -0.25) is 4.79 Å². The molecule has 0 aliphatic carbocycles. The molecule has 6 rings (SSSR count). The number of aromatic nitrogens is 3. The van der Waals surface area contributed by atoms with Gasteiger partial charge in [0.15, 0.2) is 5.65 Å². The molecule has 196 valence electrons. The van der Waals surface area contributed by atoms with Crippen molar-refractivity contribution >= 4 is 34.8 Å². The number of carbonyl (C=O) groups is 1. The van der Waals surface area contributed by atoms with E-state index in [9.17, 15) is 4.79 Å². The lowest BCUT2D eigenvalue weighted by Crippen LogP contribution is -2.39. The zero-order chi connectivity index (χ0) is 25.5. The Morgan fingerprint density at radius 3 is 2.76 bits per heavy atom. The summed E-state index contributed by atoms with van der Waals surface area (Å²) in [6.07, 6.45) is 5.61. The van der Waals surface area contributed by atoms with Crippen LogP contribution in [-0.4, -0.2) is 71.3 Å². The maximum atomic E-state index is 13.9. The van der Waals surface area contributed by atoms with Gasteiger partial charge < -0.3 is 25.2 Å². The molecule has 0 saturated carbocycles. The molecule has 10 heteroatoms. The number of halogens is 1. The van der Waals surface area contributed by atoms with E-state index in [4.69, 9.17) is 32.2 Å². The van der Waals surface area contributed by atoms with Crippen LogP contribution in [0.3, 0.4) is 0 Å². The Morgan fingerprint density at radius 1 is 1.05 bits per heavy atom. The smallest absolute Gasteiger partial charge is 0.258 e. The Morgan fingerprint density at radius 2 is 1.92 bits per heavy atom. The molecule has 2 atom stereocenters. The van der Waals surface area contributed by atoms with Gasteiger partial charge in [0.25, 0.3) is 5.91 Å². The van der Waals surface area contributed by atoms with Crippen LogP contribution in [0.15, 0.2) is 30.3 Å². The first-order valence-electron chi connectivity index (χ1n) is 13.3. The number of piperidine rings is 1. The summed E-state index contributed by atoms with van der Waals surface area (Å²) in [5.74, 6) is 2.45. The molecule has 3 aliphatic rings. The van der Waals surface area contributed by atoms with Crippen molar-refractivity contribution in [1.29, 1.82) is 0 Å². The minimum Gasteiger partial charge on any atom is -0.493 e. The Balaban J connectivity index is 1.46. The summed E-state index contributed by atoms with van der Waals surface area (Å²) in [6, 6.07) is 9.53. The molecule has 1 aromatic carbocycles. The van der Waals surface area contributed by atoms with Crippen molar-refractivity contribution in [2.45, 2.75) is 50.6 Å². The average molecular weight is 524 g/mol. The van der Waals surface area contributed by atoms with Gasteiger partial charge in [-0.1, -0.05) is 11.6 Å². The zero-order valence-electron chi connectivity index (χ0n) is 21.3. The van der Waals surface area contributed by atoms with Crippen molar-refractivity contribution in [3.05, 3.63) is 46.6 Å². The van der Waals surface area contributed by atoms with E-state index in [2.05, 4.69) is 22.9 Å². The number of ether oxygens (including phenoxy) is 1. The van der Waals surface area contributed by atoms with Gasteiger partial charge in [0, 0.05) is 56.4 Å². The van der Waals surface area contributed by atoms with Crippen LogP contribution in [0.2, 0.25) is 5.02 Å². The third-order valence-electron chi connectivity index (χ3n) is 7.78. The highest BCUT2D eigenvalue weighted by Crippen LogP contribution is 2.35. The summed E-state index contributed by atoms with van der Waals surface area (Å²) in [5.41, 5.74) is 8.39. The van der Waals surface area contributed by atoms with Crippen LogP contribution in [0.4, 0.5) is 11.6 Å². The van der Waals surface area contributed by atoms with Crippen molar-refractivity contribution in [2.75, 3.05) is 49.6 Å². The van der Waals surface area contributed by atoms with Crippen LogP contribution < -0.4 is 20.3 Å². The molecule has 0 unspecified atom stereocenters. The highest BCUT2D eigenvalue weighted by Gasteiger charge is 2.33. The maximum absolute atomic E-state index is 13.9. The number of hydrogen-bond donors (Lipinski definition) is 1.